The lowest BCUT2D eigenvalue weighted by molar-refractivity contribution is -0.121. The number of hydrogen-bond acceptors (Lipinski definition) is 7. The number of rotatable bonds is 6. The maximum Gasteiger partial charge on any atom is 0.338 e. The molecule has 0 unspecified atom stereocenters. The molecule has 0 aromatic heterocycles. The molecule has 0 bridgehead atoms. The third-order valence-electron chi connectivity index (χ3n) is 4.29. The fraction of sp³-hybridized carbons (Fsp3) is 0.421. The lowest BCUT2D eigenvalue weighted by Crippen LogP contribution is -2.25. The predicted octanol–water partition coefficient (Wildman–Crippen LogP) is 1.85. The van der Waals surface area contributed by atoms with Gasteiger partial charge in [-0.05, 0) is 44.0 Å². The predicted molar refractivity (Wildman–Crippen MR) is 105 cm³/mol. The van der Waals surface area contributed by atoms with Gasteiger partial charge in [0.2, 0.25) is 5.91 Å². The average molecular weight is 403 g/mol. The summed E-state index contributed by atoms with van der Waals surface area (Å²) in [6.45, 7) is 2.86. The Hall–Kier alpha value is -2.68. The van der Waals surface area contributed by atoms with E-state index in [2.05, 4.69) is 15.2 Å². The van der Waals surface area contributed by atoms with Crippen molar-refractivity contribution in [3.63, 3.8) is 0 Å². The highest BCUT2D eigenvalue weighted by atomic mass is 32.2. The van der Waals surface area contributed by atoms with Gasteiger partial charge in [0.15, 0.2) is 11.0 Å². The molecule has 0 radical (unpaired) electrons. The van der Waals surface area contributed by atoms with Gasteiger partial charge in [0.05, 0.1) is 5.56 Å². The van der Waals surface area contributed by atoms with Crippen LogP contribution < -0.4 is 5.32 Å². The topological polar surface area (TPSA) is 105 Å². The Labute approximate surface area is 166 Å². The summed E-state index contributed by atoms with van der Waals surface area (Å²) in [4.78, 5) is 53.1. The minimum atomic E-state index is -0.604. The number of Topliss-reactive ketones (excluding diaryl/α,β-unsaturated/α-hetero) is 1. The minimum absolute atomic E-state index is 0.0345. The Kier molecular flexibility index (Phi) is 6.45. The highest BCUT2D eigenvalue weighted by Crippen LogP contribution is 2.29. The Morgan fingerprint density at radius 3 is 2.54 bits per heavy atom. The number of esters is 1. The fourth-order valence-electron chi connectivity index (χ4n) is 2.87. The first kappa shape index (κ1) is 20.1. The molecule has 2 aliphatic heterocycles. The number of likely N-dealkylation sites (tertiary alicyclic amines) is 1. The summed E-state index contributed by atoms with van der Waals surface area (Å²) >= 11 is 1.35. The van der Waals surface area contributed by atoms with Crippen LogP contribution in [0.2, 0.25) is 0 Å². The smallest absolute Gasteiger partial charge is 0.338 e. The van der Waals surface area contributed by atoms with Gasteiger partial charge >= 0.3 is 5.97 Å². The van der Waals surface area contributed by atoms with E-state index in [-0.39, 0.29) is 36.2 Å². The molecule has 9 heteroatoms. The number of ketones is 1. The number of nitrogens with zero attached hydrogens (tertiary/aromatic N) is 2. The SMILES string of the molecule is CC(=O)COC(=O)c1ccc(NC(=O)C[C@H]2SC(N3CCCC3)=NC2=O)cc1. The first-order valence-corrected chi connectivity index (χ1v) is 9.91. The number of carbonyl (C=O) groups excluding carboxylic acids is 4. The van der Waals surface area contributed by atoms with Crippen molar-refractivity contribution in [2.24, 2.45) is 4.99 Å². The van der Waals surface area contributed by atoms with E-state index in [0.29, 0.717) is 10.9 Å². The van der Waals surface area contributed by atoms with Crippen LogP contribution in [0.4, 0.5) is 5.69 Å². The van der Waals surface area contributed by atoms with Gasteiger partial charge in [-0.1, -0.05) is 11.8 Å². The van der Waals surface area contributed by atoms with E-state index in [1.807, 2.05) is 0 Å². The first-order chi connectivity index (χ1) is 13.4. The largest absolute Gasteiger partial charge is 0.454 e. The summed E-state index contributed by atoms with van der Waals surface area (Å²) in [7, 11) is 0. The molecule has 1 atom stereocenters. The number of thioether (sulfide) groups is 1. The van der Waals surface area contributed by atoms with Gasteiger partial charge in [-0.2, -0.15) is 4.99 Å². The zero-order valence-electron chi connectivity index (χ0n) is 15.5. The van der Waals surface area contributed by atoms with E-state index >= 15 is 0 Å². The summed E-state index contributed by atoms with van der Waals surface area (Å²) in [5.41, 5.74) is 0.786. The van der Waals surface area contributed by atoms with Crippen LogP contribution in [0.3, 0.4) is 0 Å². The molecule has 8 nitrogen and oxygen atoms in total. The van der Waals surface area contributed by atoms with Gasteiger partial charge < -0.3 is 15.0 Å². The van der Waals surface area contributed by atoms with Crippen LogP contribution >= 0.6 is 11.8 Å². The monoisotopic (exact) mass is 403 g/mol. The quantitative estimate of drug-likeness (QED) is 0.723. The van der Waals surface area contributed by atoms with Gasteiger partial charge in [0.25, 0.3) is 5.91 Å². The first-order valence-electron chi connectivity index (χ1n) is 9.03. The second-order valence-electron chi connectivity index (χ2n) is 6.64. The second kappa shape index (κ2) is 9.01. The Bertz CT molecular complexity index is 815. The normalized spacial score (nSPS) is 18.8. The molecule has 1 fully saturated rings. The molecule has 0 aliphatic carbocycles. The summed E-state index contributed by atoms with van der Waals surface area (Å²) < 4.78 is 4.83. The fourth-order valence-corrected chi connectivity index (χ4v) is 3.99. The maximum absolute atomic E-state index is 12.3. The standard InChI is InChI=1S/C19H21N3O5S/c1-12(23)11-27-18(26)13-4-6-14(7-5-13)20-16(24)10-15-17(25)21-19(28-15)22-8-2-3-9-22/h4-7,15H,2-3,8-11H2,1H3,(H,20,24)/t15-/m1/s1. The molecule has 3 rings (SSSR count). The van der Waals surface area contributed by atoms with Gasteiger partial charge in [-0.25, -0.2) is 4.79 Å². The van der Waals surface area contributed by atoms with Crippen molar-refractivity contribution in [3.8, 4) is 0 Å². The molecule has 1 N–H and O–H groups in total. The Balaban J connectivity index is 1.49. The van der Waals surface area contributed by atoms with E-state index in [1.54, 1.807) is 12.1 Å². The molecular weight excluding hydrogens is 382 g/mol. The number of carbonyl (C=O) groups is 4. The number of benzene rings is 1. The number of amidine groups is 1. The van der Waals surface area contributed by atoms with Crippen LogP contribution in [-0.4, -0.2) is 58.6 Å². The summed E-state index contributed by atoms with van der Waals surface area (Å²) in [6.07, 6.45) is 2.22. The molecule has 0 saturated carbocycles. The van der Waals surface area contributed by atoms with Crippen molar-refractivity contribution >= 4 is 46.2 Å². The summed E-state index contributed by atoms with van der Waals surface area (Å²) in [5, 5.41) is 2.93. The number of aliphatic imine (C=N–C) groups is 1. The molecule has 2 amide bonds. The maximum atomic E-state index is 12.3. The third-order valence-corrected chi connectivity index (χ3v) is 5.50. The van der Waals surface area contributed by atoms with Crippen molar-refractivity contribution in [2.75, 3.05) is 25.0 Å². The van der Waals surface area contributed by atoms with E-state index in [4.69, 9.17) is 4.74 Å². The van der Waals surface area contributed by atoms with Crippen molar-refractivity contribution in [2.45, 2.75) is 31.4 Å². The molecule has 1 aromatic rings. The van der Waals surface area contributed by atoms with Crippen molar-refractivity contribution in [3.05, 3.63) is 29.8 Å². The summed E-state index contributed by atoms with van der Waals surface area (Å²) in [5.74, 6) is -1.41. The Morgan fingerprint density at radius 1 is 1.21 bits per heavy atom. The second-order valence-corrected chi connectivity index (χ2v) is 7.81. The highest BCUT2D eigenvalue weighted by Gasteiger charge is 2.33. The number of hydrogen-bond donors (Lipinski definition) is 1. The molecule has 28 heavy (non-hydrogen) atoms. The zero-order valence-corrected chi connectivity index (χ0v) is 16.3. The van der Waals surface area contributed by atoms with Crippen molar-refractivity contribution in [1.82, 2.24) is 4.90 Å². The van der Waals surface area contributed by atoms with Crippen LogP contribution in [0, 0.1) is 0 Å². The van der Waals surface area contributed by atoms with Gasteiger partial charge in [-0.15, -0.1) is 0 Å². The van der Waals surface area contributed by atoms with E-state index in [1.165, 1.54) is 30.8 Å². The van der Waals surface area contributed by atoms with Gasteiger partial charge in [0.1, 0.15) is 11.9 Å². The van der Waals surface area contributed by atoms with Crippen LogP contribution in [0.5, 0.6) is 0 Å². The molecule has 0 spiro atoms. The van der Waals surface area contributed by atoms with E-state index < -0.39 is 11.2 Å². The van der Waals surface area contributed by atoms with Gasteiger partial charge in [0, 0.05) is 25.2 Å². The number of amides is 2. The van der Waals surface area contributed by atoms with Crippen LogP contribution in [-0.2, 0) is 19.1 Å². The lowest BCUT2D eigenvalue weighted by Gasteiger charge is -2.16. The summed E-state index contributed by atoms with van der Waals surface area (Å²) in [6, 6.07) is 6.14. The minimum Gasteiger partial charge on any atom is -0.454 e. The average Bonchev–Trinajstić information content (AvgIpc) is 3.30. The Morgan fingerprint density at radius 2 is 1.89 bits per heavy atom. The van der Waals surface area contributed by atoms with Gasteiger partial charge in [-0.3, -0.25) is 14.4 Å². The molecule has 148 valence electrons. The van der Waals surface area contributed by atoms with Crippen molar-refractivity contribution < 1.29 is 23.9 Å². The number of ether oxygens (including phenoxy) is 1. The molecule has 1 saturated heterocycles. The number of anilines is 1. The van der Waals surface area contributed by atoms with E-state index in [9.17, 15) is 19.2 Å². The molecule has 2 heterocycles. The zero-order chi connectivity index (χ0) is 20.1. The molecular formula is C19H21N3O5S. The van der Waals surface area contributed by atoms with Crippen molar-refractivity contribution in [1.29, 1.82) is 0 Å². The van der Waals surface area contributed by atoms with Crippen LogP contribution in [0.25, 0.3) is 0 Å². The highest BCUT2D eigenvalue weighted by molar-refractivity contribution is 8.15. The third kappa shape index (κ3) is 5.19. The molecule has 2 aliphatic rings. The van der Waals surface area contributed by atoms with Crippen LogP contribution in [0.15, 0.2) is 29.3 Å². The molecule has 1 aromatic carbocycles. The van der Waals surface area contributed by atoms with E-state index in [0.717, 1.165) is 25.9 Å². The van der Waals surface area contributed by atoms with Crippen LogP contribution in [0.1, 0.15) is 36.5 Å². The number of nitrogens with one attached hydrogen (secondary N) is 1. The lowest BCUT2D eigenvalue weighted by atomic mass is 10.2.